The lowest BCUT2D eigenvalue weighted by Gasteiger charge is -2.34. The van der Waals surface area contributed by atoms with Crippen LogP contribution in [0.1, 0.15) is 19.8 Å². The van der Waals surface area contributed by atoms with Gasteiger partial charge < -0.3 is 10.0 Å². The van der Waals surface area contributed by atoms with Crippen molar-refractivity contribution in [1.29, 1.82) is 0 Å². The number of hydrogen-bond acceptors (Lipinski definition) is 2. The number of hydrogen-bond donors (Lipinski definition) is 1. The molecule has 0 radical (unpaired) electrons. The van der Waals surface area contributed by atoms with E-state index in [0.29, 0.717) is 12.6 Å². The lowest BCUT2D eigenvalue weighted by molar-refractivity contribution is 0.0904. The molecule has 0 saturated carbocycles. The zero-order valence-electron chi connectivity index (χ0n) is 6.88. The Morgan fingerprint density at radius 3 is 2.70 bits per heavy atom. The van der Waals surface area contributed by atoms with E-state index >= 15 is 0 Å². The Morgan fingerprint density at radius 2 is 2.20 bits per heavy atom. The first-order valence-corrected chi connectivity index (χ1v) is 4.05. The number of likely N-dealkylation sites (tertiary alicyclic amines) is 1. The fourth-order valence-corrected chi connectivity index (χ4v) is 1.66. The number of aliphatic hydroxyl groups is 1. The lowest BCUT2D eigenvalue weighted by Crippen LogP contribution is -2.41. The van der Waals surface area contributed by atoms with Crippen LogP contribution >= 0.6 is 0 Å². The molecule has 2 unspecified atom stereocenters. The molecule has 0 aromatic rings. The average Bonchev–Trinajstić information content (AvgIpc) is 1.88. The van der Waals surface area contributed by atoms with Gasteiger partial charge in [-0.15, -0.1) is 0 Å². The van der Waals surface area contributed by atoms with E-state index in [4.69, 9.17) is 5.11 Å². The molecule has 1 aliphatic rings. The van der Waals surface area contributed by atoms with Gasteiger partial charge in [-0.1, -0.05) is 6.92 Å². The summed E-state index contributed by atoms with van der Waals surface area (Å²) in [7, 11) is 2.09. The monoisotopic (exact) mass is 143 g/mol. The Morgan fingerprint density at radius 1 is 1.50 bits per heavy atom. The Hall–Kier alpha value is -0.0800. The lowest BCUT2D eigenvalue weighted by atomic mass is 9.95. The van der Waals surface area contributed by atoms with Crippen LogP contribution in [0, 0.1) is 5.92 Å². The van der Waals surface area contributed by atoms with Crippen molar-refractivity contribution in [3.63, 3.8) is 0 Å². The van der Waals surface area contributed by atoms with Gasteiger partial charge in [-0.25, -0.2) is 0 Å². The minimum absolute atomic E-state index is 0.323. The summed E-state index contributed by atoms with van der Waals surface area (Å²) in [4.78, 5) is 2.26. The molecule has 0 amide bonds. The van der Waals surface area contributed by atoms with E-state index in [0.717, 1.165) is 18.9 Å². The van der Waals surface area contributed by atoms with E-state index in [1.165, 1.54) is 6.42 Å². The fourth-order valence-electron chi connectivity index (χ4n) is 1.66. The van der Waals surface area contributed by atoms with Gasteiger partial charge >= 0.3 is 0 Å². The first-order valence-electron chi connectivity index (χ1n) is 4.05. The first kappa shape index (κ1) is 8.02. The molecule has 2 heteroatoms. The summed E-state index contributed by atoms with van der Waals surface area (Å²) in [6.07, 6.45) is 2.43. The van der Waals surface area contributed by atoms with Crippen molar-refractivity contribution in [3.8, 4) is 0 Å². The SMILES string of the molecule is CC1CCC(CO)N(C)C1. The highest BCUT2D eigenvalue weighted by Crippen LogP contribution is 2.19. The molecular weight excluding hydrogens is 126 g/mol. The van der Waals surface area contributed by atoms with Crippen LogP contribution in [-0.4, -0.2) is 36.2 Å². The van der Waals surface area contributed by atoms with Crippen molar-refractivity contribution < 1.29 is 5.11 Å². The highest BCUT2D eigenvalue weighted by atomic mass is 16.3. The number of nitrogens with zero attached hydrogens (tertiary/aromatic N) is 1. The molecule has 1 saturated heterocycles. The normalized spacial score (nSPS) is 36.3. The molecule has 10 heavy (non-hydrogen) atoms. The maximum absolute atomic E-state index is 8.91. The smallest absolute Gasteiger partial charge is 0.0586 e. The number of piperidine rings is 1. The van der Waals surface area contributed by atoms with E-state index in [1.807, 2.05) is 0 Å². The van der Waals surface area contributed by atoms with Crippen molar-refractivity contribution in [2.75, 3.05) is 20.2 Å². The summed E-state index contributed by atoms with van der Waals surface area (Å²) in [5, 5.41) is 8.91. The van der Waals surface area contributed by atoms with Crippen LogP contribution in [-0.2, 0) is 0 Å². The highest BCUT2D eigenvalue weighted by molar-refractivity contribution is 4.76. The largest absolute Gasteiger partial charge is 0.395 e. The van der Waals surface area contributed by atoms with Gasteiger partial charge in [0.2, 0.25) is 0 Å². The Bertz CT molecular complexity index is 105. The van der Waals surface area contributed by atoms with Gasteiger partial charge in [-0.3, -0.25) is 0 Å². The third-order valence-corrected chi connectivity index (χ3v) is 2.43. The zero-order valence-corrected chi connectivity index (χ0v) is 6.88. The molecule has 2 atom stereocenters. The van der Waals surface area contributed by atoms with E-state index in [2.05, 4.69) is 18.9 Å². The van der Waals surface area contributed by atoms with Crippen LogP contribution < -0.4 is 0 Å². The number of aliphatic hydroxyl groups excluding tert-OH is 1. The van der Waals surface area contributed by atoms with Gasteiger partial charge in [0.15, 0.2) is 0 Å². The quantitative estimate of drug-likeness (QED) is 0.584. The van der Waals surface area contributed by atoms with Gasteiger partial charge in [0.25, 0.3) is 0 Å². The minimum Gasteiger partial charge on any atom is -0.395 e. The topological polar surface area (TPSA) is 23.5 Å². The molecule has 1 fully saturated rings. The molecular formula is C8H17NO. The molecule has 0 aromatic heterocycles. The molecule has 0 spiro atoms. The number of rotatable bonds is 1. The fraction of sp³-hybridized carbons (Fsp3) is 1.00. The Kier molecular flexibility index (Phi) is 2.69. The zero-order chi connectivity index (χ0) is 7.56. The van der Waals surface area contributed by atoms with Crippen molar-refractivity contribution >= 4 is 0 Å². The first-order chi connectivity index (χ1) is 4.74. The van der Waals surface area contributed by atoms with Crippen molar-refractivity contribution in [3.05, 3.63) is 0 Å². The standard InChI is InChI=1S/C8H17NO/c1-7-3-4-8(6-10)9(2)5-7/h7-8,10H,3-6H2,1-2H3. The maximum Gasteiger partial charge on any atom is 0.0586 e. The van der Waals surface area contributed by atoms with Gasteiger partial charge in [0.1, 0.15) is 0 Å². The second kappa shape index (κ2) is 3.35. The van der Waals surface area contributed by atoms with Crippen molar-refractivity contribution in [2.24, 2.45) is 5.92 Å². The van der Waals surface area contributed by atoms with Gasteiger partial charge in [-0.2, -0.15) is 0 Å². The third kappa shape index (κ3) is 1.70. The Labute approximate surface area is 62.8 Å². The maximum atomic E-state index is 8.91. The molecule has 0 aromatic carbocycles. The average molecular weight is 143 g/mol. The van der Waals surface area contributed by atoms with E-state index in [1.54, 1.807) is 0 Å². The summed E-state index contributed by atoms with van der Waals surface area (Å²) >= 11 is 0. The summed E-state index contributed by atoms with van der Waals surface area (Å²) < 4.78 is 0. The number of likely N-dealkylation sites (N-methyl/N-ethyl adjacent to an activating group) is 1. The van der Waals surface area contributed by atoms with Crippen LogP contribution in [0.2, 0.25) is 0 Å². The van der Waals surface area contributed by atoms with E-state index < -0.39 is 0 Å². The second-order valence-electron chi connectivity index (χ2n) is 3.46. The molecule has 1 N–H and O–H groups in total. The van der Waals surface area contributed by atoms with Gasteiger partial charge in [-0.05, 0) is 25.8 Å². The Balaban J connectivity index is 2.36. The van der Waals surface area contributed by atoms with E-state index in [-0.39, 0.29) is 0 Å². The van der Waals surface area contributed by atoms with E-state index in [9.17, 15) is 0 Å². The summed E-state index contributed by atoms with van der Waals surface area (Å²) in [5.74, 6) is 0.813. The highest BCUT2D eigenvalue weighted by Gasteiger charge is 2.21. The summed E-state index contributed by atoms with van der Waals surface area (Å²) in [6, 6.07) is 0.427. The minimum atomic E-state index is 0.323. The molecule has 1 aliphatic heterocycles. The van der Waals surface area contributed by atoms with Crippen LogP contribution in [0.4, 0.5) is 0 Å². The predicted molar refractivity (Wildman–Crippen MR) is 41.9 cm³/mol. The molecule has 0 bridgehead atoms. The molecule has 60 valence electrons. The second-order valence-corrected chi connectivity index (χ2v) is 3.46. The predicted octanol–water partition coefficient (Wildman–Crippen LogP) is 0.709. The molecule has 0 aliphatic carbocycles. The van der Waals surface area contributed by atoms with Gasteiger partial charge in [0.05, 0.1) is 6.61 Å². The third-order valence-electron chi connectivity index (χ3n) is 2.43. The van der Waals surface area contributed by atoms with Crippen LogP contribution in [0.25, 0.3) is 0 Å². The molecule has 1 rings (SSSR count). The van der Waals surface area contributed by atoms with Crippen LogP contribution in [0.3, 0.4) is 0 Å². The van der Waals surface area contributed by atoms with Crippen LogP contribution in [0.5, 0.6) is 0 Å². The van der Waals surface area contributed by atoms with Crippen molar-refractivity contribution in [1.82, 2.24) is 4.90 Å². The summed E-state index contributed by atoms with van der Waals surface area (Å²) in [6.45, 7) is 3.73. The van der Waals surface area contributed by atoms with Crippen molar-refractivity contribution in [2.45, 2.75) is 25.8 Å². The molecule has 2 nitrogen and oxygen atoms in total. The van der Waals surface area contributed by atoms with Crippen LogP contribution in [0.15, 0.2) is 0 Å². The summed E-state index contributed by atoms with van der Waals surface area (Å²) in [5.41, 5.74) is 0. The van der Waals surface area contributed by atoms with Gasteiger partial charge in [0, 0.05) is 12.6 Å². The molecule has 1 heterocycles.